The number of benzene rings is 2. The molecule has 0 aromatic heterocycles. The molecule has 0 saturated carbocycles. The van der Waals surface area contributed by atoms with Gasteiger partial charge in [0, 0.05) is 5.56 Å². The van der Waals surface area contributed by atoms with Crippen LogP contribution in [0, 0.1) is 5.82 Å². The maximum absolute atomic E-state index is 13.2. The van der Waals surface area contributed by atoms with Gasteiger partial charge in [-0.3, -0.25) is 9.69 Å². The van der Waals surface area contributed by atoms with Gasteiger partial charge in [-0.15, -0.1) is 0 Å². The van der Waals surface area contributed by atoms with Gasteiger partial charge in [-0.05, 0) is 17.7 Å². The highest BCUT2D eigenvalue weighted by molar-refractivity contribution is 6.14. The van der Waals surface area contributed by atoms with Crippen LogP contribution in [0.2, 0.25) is 0 Å². The summed E-state index contributed by atoms with van der Waals surface area (Å²) in [6.45, 7) is -0.286. The molecular weight excluding hydrogens is 340 g/mol. The molecule has 8 heteroatoms. The van der Waals surface area contributed by atoms with Crippen LogP contribution in [0.15, 0.2) is 59.6 Å². The van der Waals surface area contributed by atoms with Gasteiger partial charge in [0.05, 0.1) is 6.54 Å². The van der Waals surface area contributed by atoms with Crippen LogP contribution < -0.4 is 0 Å². The van der Waals surface area contributed by atoms with Crippen LogP contribution in [0.4, 0.5) is 17.6 Å². The first-order chi connectivity index (χ1) is 11.7. The van der Waals surface area contributed by atoms with Crippen molar-refractivity contribution in [2.75, 3.05) is 0 Å². The zero-order valence-electron chi connectivity index (χ0n) is 12.7. The molecular formula is C17H12F4N2O2. The minimum atomic E-state index is -5.26. The number of amidine groups is 1. The van der Waals surface area contributed by atoms with Crippen molar-refractivity contribution in [1.29, 1.82) is 0 Å². The van der Waals surface area contributed by atoms with Gasteiger partial charge in [-0.25, -0.2) is 9.38 Å². The Bertz CT molecular complexity index is 819. The van der Waals surface area contributed by atoms with Gasteiger partial charge in [-0.1, -0.05) is 42.5 Å². The van der Waals surface area contributed by atoms with Crippen molar-refractivity contribution in [2.45, 2.75) is 18.4 Å². The first-order valence-electron chi connectivity index (χ1n) is 7.23. The topological polar surface area (TPSA) is 52.9 Å². The molecule has 130 valence electrons. The fourth-order valence-corrected chi connectivity index (χ4v) is 2.46. The lowest BCUT2D eigenvalue weighted by Gasteiger charge is -2.23. The van der Waals surface area contributed by atoms with Gasteiger partial charge in [-0.2, -0.15) is 13.2 Å². The highest BCUT2D eigenvalue weighted by Gasteiger charge is 2.65. The summed E-state index contributed by atoms with van der Waals surface area (Å²) in [6.07, 6.45) is -5.26. The van der Waals surface area contributed by atoms with Crippen molar-refractivity contribution in [3.05, 3.63) is 71.5 Å². The lowest BCUT2D eigenvalue weighted by molar-refractivity contribution is -0.248. The molecule has 1 atom stereocenters. The Kier molecular flexibility index (Phi) is 4.08. The number of aliphatic hydroxyl groups is 1. The molecule has 1 N–H and O–H groups in total. The van der Waals surface area contributed by atoms with E-state index in [0.29, 0.717) is 5.56 Å². The molecule has 0 spiro atoms. The van der Waals surface area contributed by atoms with E-state index < -0.39 is 23.6 Å². The van der Waals surface area contributed by atoms with Gasteiger partial charge in [0.25, 0.3) is 5.91 Å². The standard InChI is InChI=1S/C17H12F4N2O2/c18-13-8-6-11(7-9-13)10-23-14(12-4-2-1-3-5-12)22-16(25,15(23)24)17(19,20)21/h1-9,25H,10H2/t16-/m0/s1. The molecule has 1 aliphatic heterocycles. The summed E-state index contributed by atoms with van der Waals surface area (Å²) in [5, 5.41) is 9.86. The number of carbonyl (C=O) groups is 1. The molecule has 1 aliphatic rings. The predicted octanol–water partition coefficient (Wildman–Crippen LogP) is 2.87. The normalized spacial score (nSPS) is 20.8. The summed E-state index contributed by atoms with van der Waals surface area (Å²) in [5.74, 6) is -2.40. The van der Waals surface area contributed by atoms with Gasteiger partial charge in [0.15, 0.2) is 0 Å². The van der Waals surface area contributed by atoms with Crippen LogP contribution in [-0.2, 0) is 11.3 Å². The highest BCUT2D eigenvalue weighted by Crippen LogP contribution is 2.38. The number of alkyl halides is 3. The van der Waals surface area contributed by atoms with Gasteiger partial charge in [0.2, 0.25) is 0 Å². The molecule has 0 saturated heterocycles. The SMILES string of the molecule is O=C1N(Cc2ccc(F)cc2)C(c2ccccc2)=N[C@@]1(O)C(F)(F)F. The number of halogens is 4. The largest absolute Gasteiger partial charge is 0.448 e. The van der Waals surface area contributed by atoms with Crippen LogP contribution >= 0.6 is 0 Å². The van der Waals surface area contributed by atoms with Crippen molar-refractivity contribution in [3.8, 4) is 0 Å². The lowest BCUT2D eigenvalue weighted by atomic mass is 10.1. The van der Waals surface area contributed by atoms with E-state index in [1.165, 1.54) is 24.3 Å². The molecule has 2 aromatic carbocycles. The zero-order valence-corrected chi connectivity index (χ0v) is 12.7. The van der Waals surface area contributed by atoms with Crippen molar-refractivity contribution < 1.29 is 27.5 Å². The zero-order chi connectivity index (χ0) is 18.2. The summed E-state index contributed by atoms with van der Waals surface area (Å²) in [4.78, 5) is 16.3. The van der Waals surface area contributed by atoms with Crippen molar-refractivity contribution in [2.24, 2.45) is 4.99 Å². The summed E-state index contributed by atoms with van der Waals surface area (Å²) >= 11 is 0. The van der Waals surface area contributed by atoms with Crippen molar-refractivity contribution in [1.82, 2.24) is 4.90 Å². The molecule has 0 radical (unpaired) electrons. The fourth-order valence-electron chi connectivity index (χ4n) is 2.46. The second-order valence-electron chi connectivity index (χ2n) is 5.49. The highest BCUT2D eigenvalue weighted by atomic mass is 19.4. The number of carbonyl (C=O) groups excluding carboxylic acids is 1. The van der Waals surface area contributed by atoms with Crippen LogP contribution in [0.5, 0.6) is 0 Å². The molecule has 2 aromatic rings. The Morgan fingerprint density at radius 1 is 1.04 bits per heavy atom. The summed E-state index contributed by atoms with van der Waals surface area (Å²) in [5.41, 5.74) is -3.19. The minimum absolute atomic E-state index is 0.248. The van der Waals surface area contributed by atoms with Crippen LogP contribution in [0.1, 0.15) is 11.1 Å². The monoisotopic (exact) mass is 352 g/mol. The van der Waals surface area contributed by atoms with E-state index in [-0.39, 0.29) is 17.9 Å². The Hall–Kier alpha value is -2.74. The first kappa shape index (κ1) is 17.1. The third-order valence-corrected chi connectivity index (χ3v) is 3.75. The quantitative estimate of drug-likeness (QED) is 0.864. The summed E-state index contributed by atoms with van der Waals surface area (Å²) in [6, 6.07) is 12.7. The smallest absolute Gasteiger partial charge is 0.355 e. The molecule has 1 amide bonds. The Morgan fingerprint density at radius 2 is 1.64 bits per heavy atom. The predicted molar refractivity (Wildman–Crippen MR) is 80.9 cm³/mol. The number of amides is 1. The van der Waals surface area contributed by atoms with E-state index in [4.69, 9.17) is 0 Å². The lowest BCUT2D eigenvalue weighted by Crippen LogP contribution is -2.52. The molecule has 0 aliphatic carbocycles. The van der Waals surface area contributed by atoms with E-state index in [9.17, 15) is 27.5 Å². The maximum Gasteiger partial charge on any atom is 0.448 e. The van der Waals surface area contributed by atoms with E-state index in [1.54, 1.807) is 18.2 Å². The number of hydrogen-bond acceptors (Lipinski definition) is 3. The third kappa shape index (κ3) is 3.00. The van der Waals surface area contributed by atoms with Crippen LogP contribution in [0.3, 0.4) is 0 Å². The molecule has 0 unspecified atom stereocenters. The van der Waals surface area contributed by atoms with E-state index in [2.05, 4.69) is 4.99 Å². The number of nitrogens with zero attached hydrogens (tertiary/aromatic N) is 2. The number of hydrogen-bond donors (Lipinski definition) is 1. The third-order valence-electron chi connectivity index (χ3n) is 3.75. The van der Waals surface area contributed by atoms with Gasteiger partial charge in [0.1, 0.15) is 11.7 Å². The summed E-state index contributed by atoms with van der Waals surface area (Å²) in [7, 11) is 0. The van der Waals surface area contributed by atoms with Gasteiger partial charge < -0.3 is 5.11 Å². The average Bonchev–Trinajstić information content (AvgIpc) is 2.83. The molecule has 1 heterocycles. The van der Waals surface area contributed by atoms with E-state index in [0.717, 1.165) is 17.0 Å². The second-order valence-corrected chi connectivity index (χ2v) is 5.49. The minimum Gasteiger partial charge on any atom is -0.355 e. The van der Waals surface area contributed by atoms with Crippen LogP contribution in [-0.4, -0.2) is 33.7 Å². The second kappa shape index (κ2) is 5.96. The molecule has 3 rings (SSSR count). The van der Waals surface area contributed by atoms with E-state index >= 15 is 0 Å². The van der Waals surface area contributed by atoms with Crippen molar-refractivity contribution in [3.63, 3.8) is 0 Å². The number of aliphatic imine (C=N–C) groups is 1. The van der Waals surface area contributed by atoms with Gasteiger partial charge >= 0.3 is 11.9 Å². The molecule has 4 nitrogen and oxygen atoms in total. The van der Waals surface area contributed by atoms with Crippen LogP contribution in [0.25, 0.3) is 0 Å². The maximum atomic E-state index is 13.2. The Labute approximate surface area is 140 Å². The fraction of sp³-hybridized carbons (Fsp3) is 0.176. The Morgan fingerprint density at radius 3 is 2.20 bits per heavy atom. The Balaban J connectivity index is 2.04. The molecule has 25 heavy (non-hydrogen) atoms. The average molecular weight is 352 g/mol. The molecule has 0 bridgehead atoms. The van der Waals surface area contributed by atoms with Crippen molar-refractivity contribution >= 4 is 11.7 Å². The van der Waals surface area contributed by atoms with E-state index in [1.807, 2.05) is 0 Å². The number of rotatable bonds is 3. The summed E-state index contributed by atoms with van der Waals surface area (Å²) < 4.78 is 52.6. The molecule has 0 fully saturated rings. The first-order valence-corrected chi connectivity index (χ1v) is 7.23.